The fourth-order valence-electron chi connectivity index (χ4n) is 1.62. The van der Waals surface area contributed by atoms with Crippen molar-refractivity contribution in [1.82, 2.24) is 0 Å². The number of hydrogen-bond acceptors (Lipinski definition) is 3. The average molecular weight is 257 g/mol. The molecule has 0 aliphatic carbocycles. The van der Waals surface area contributed by atoms with Crippen molar-refractivity contribution in [3.63, 3.8) is 0 Å². The van der Waals surface area contributed by atoms with Crippen LogP contribution in [0.1, 0.15) is 12.0 Å². The molecule has 14 heavy (non-hydrogen) atoms. The predicted molar refractivity (Wildman–Crippen MR) is 57.6 cm³/mol. The van der Waals surface area contributed by atoms with Crippen LogP contribution in [0.15, 0.2) is 16.6 Å². The van der Waals surface area contributed by atoms with Gasteiger partial charge in [-0.3, -0.25) is 10.1 Å². The van der Waals surface area contributed by atoms with E-state index < -0.39 is 0 Å². The van der Waals surface area contributed by atoms with Gasteiger partial charge in [-0.05, 0) is 40.4 Å². The fraction of sp³-hybridized carbons (Fsp3) is 0.333. The lowest BCUT2D eigenvalue weighted by Crippen LogP contribution is -2.11. The molecule has 74 valence electrons. The van der Waals surface area contributed by atoms with Crippen molar-refractivity contribution in [1.29, 1.82) is 0 Å². The number of anilines is 1. The molecule has 1 aliphatic heterocycles. The quantitative estimate of drug-likeness (QED) is 0.621. The van der Waals surface area contributed by atoms with E-state index in [9.17, 15) is 10.1 Å². The van der Waals surface area contributed by atoms with Crippen LogP contribution in [0.2, 0.25) is 0 Å². The standard InChI is InChI=1S/C9H9BrN2O2/c10-7-5-8-6(2-1-3-11-8)4-9(7)12(13)14/h4-5,11H,1-3H2. The third-order valence-corrected chi connectivity index (χ3v) is 2.94. The van der Waals surface area contributed by atoms with E-state index >= 15 is 0 Å². The van der Waals surface area contributed by atoms with Gasteiger partial charge in [0.25, 0.3) is 5.69 Å². The van der Waals surface area contributed by atoms with Crippen LogP contribution in [0.3, 0.4) is 0 Å². The highest BCUT2D eigenvalue weighted by Crippen LogP contribution is 2.33. The first-order chi connectivity index (χ1) is 6.68. The molecule has 0 radical (unpaired) electrons. The van der Waals surface area contributed by atoms with Gasteiger partial charge in [-0.2, -0.15) is 0 Å². The highest BCUT2D eigenvalue weighted by molar-refractivity contribution is 9.10. The lowest BCUT2D eigenvalue weighted by atomic mass is 10.0. The summed E-state index contributed by atoms with van der Waals surface area (Å²) in [5, 5.41) is 13.9. The van der Waals surface area contributed by atoms with Gasteiger partial charge in [-0.15, -0.1) is 0 Å². The van der Waals surface area contributed by atoms with Crippen LogP contribution in [-0.4, -0.2) is 11.5 Å². The van der Waals surface area contributed by atoms with Crippen LogP contribution in [0, 0.1) is 10.1 Å². The van der Waals surface area contributed by atoms with E-state index in [2.05, 4.69) is 21.2 Å². The van der Waals surface area contributed by atoms with Gasteiger partial charge < -0.3 is 5.32 Å². The van der Waals surface area contributed by atoms with Crippen LogP contribution < -0.4 is 5.32 Å². The van der Waals surface area contributed by atoms with Gasteiger partial charge in [0.1, 0.15) is 0 Å². The first-order valence-corrected chi connectivity index (χ1v) is 5.18. The molecule has 0 fully saturated rings. The van der Waals surface area contributed by atoms with Gasteiger partial charge in [0.2, 0.25) is 0 Å². The Hall–Kier alpha value is -1.10. The van der Waals surface area contributed by atoms with Gasteiger partial charge in [-0.25, -0.2) is 0 Å². The van der Waals surface area contributed by atoms with Crippen molar-refractivity contribution in [2.45, 2.75) is 12.8 Å². The minimum absolute atomic E-state index is 0.146. The van der Waals surface area contributed by atoms with E-state index in [0.717, 1.165) is 30.6 Å². The lowest BCUT2D eigenvalue weighted by Gasteiger charge is -2.17. The van der Waals surface area contributed by atoms with E-state index in [1.165, 1.54) is 0 Å². The van der Waals surface area contributed by atoms with Gasteiger partial charge in [0.05, 0.1) is 9.40 Å². The van der Waals surface area contributed by atoms with Crippen molar-refractivity contribution in [2.24, 2.45) is 0 Å². The number of fused-ring (bicyclic) bond motifs is 1. The van der Waals surface area contributed by atoms with Crippen LogP contribution in [-0.2, 0) is 6.42 Å². The van der Waals surface area contributed by atoms with Crippen LogP contribution in [0.25, 0.3) is 0 Å². The Bertz CT molecular complexity index is 393. The molecular formula is C9H9BrN2O2. The second kappa shape index (κ2) is 3.57. The Kier molecular flexibility index (Phi) is 2.41. The highest BCUT2D eigenvalue weighted by atomic mass is 79.9. The number of rotatable bonds is 1. The van der Waals surface area contributed by atoms with Gasteiger partial charge in [0.15, 0.2) is 0 Å². The largest absolute Gasteiger partial charge is 0.385 e. The number of nitro benzene ring substituents is 1. The fourth-order valence-corrected chi connectivity index (χ4v) is 2.11. The monoisotopic (exact) mass is 256 g/mol. The zero-order chi connectivity index (χ0) is 10.1. The maximum Gasteiger partial charge on any atom is 0.283 e. The zero-order valence-electron chi connectivity index (χ0n) is 7.42. The Morgan fingerprint density at radius 1 is 1.50 bits per heavy atom. The summed E-state index contributed by atoms with van der Waals surface area (Å²) in [5.41, 5.74) is 2.19. The lowest BCUT2D eigenvalue weighted by molar-refractivity contribution is -0.385. The van der Waals surface area contributed by atoms with E-state index in [4.69, 9.17) is 0 Å². The molecule has 0 aromatic heterocycles. The highest BCUT2D eigenvalue weighted by Gasteiger charge is 2.17. The molecule has 0 saturated heterocycles. The summed E-state index contributed by atoms with van der Waals surface area (Å²) in [6, 6.07) is 3.43. The molecule has 1 aromatic carbocycles. The SMILES string of the molecule is O=[N+]([O-])c1cc2c(cc1Br)NCCC2. The summed E-state index contributed by atoms with van der Waals surface area (Å²) in [7, 11) is 0. The molecule has 2 rings (SSSR count). The van der Waals surface area contributed by atoms with Crippen molar-refractivity contribution in [3.8, 4) is 0 Å². The zero-order valence-corrected chi connectivity index (χ0v) is 9.00. The second-order valence-corrected chi connectivity index (χ2v) is 4.10. The van der Waals surface area contributed by atoms with Crippen molar-refractivity contribution < 1.29 is 4.92 Å². The average Bonchev–Trinajstić information content (AvgIpc) is 2.16. The Morgan fingerprint density at radius 3 is 3.00 bits per heavy atom. The molecule has 0 amide bonds. The van der Waals surface area contributed by atoms with E-state index in [0.29, 0.717) is 4.47 Å². The summed E-state index contributed by atoms with van der Waals surface area (Å²) in [6.45, 7) is 0.942. The number of nitrogens with zero attached hydrogens (tertiary/aromatic N) is 1. The van der Waals surface area contributed by atoms with Crippen molar-refractivity contribution in [2.75, 3.05) is 11.9 Å². The number of nitrogens with one attached hydrogen (secondary N) is 1. The normalized spacial score (nSPS) is 14.4. The molecule has 0 saturated carbocycles. The Labute approximate surface area is 89.6 Å². The molecule has 4 nitrogen and oxygen atoms in total. The second-order valence-electron chi connectivity index (χ2n) is 3.25. The van der Waals surface area contributed by atoms with Crippen molar-refractivity contribution in [3.05, 3.63) is 32.3 Å². The van der Waals surface area contributed by atoms with Gasteiger partial charge in [0, 0.05) is 18.3 Å². The smallest absolute Gasteiger partial charge is 0.283 e. The molecule has 1 N–H and O–H groups in total. The summed E-state index contributed by atoms with van der Waals surface area (Å²) in [4.78, 5) is 10.3. The summed E-state index contributed by atoms with van der Waals surface area (Å²) in [6.07, 6.45) is 1.95. The molecule has 1 heterocycles. The first-order valence-electron chi connectivity index (χ1n) is 4.39. The topological polar surface area (TPSA) is 55.2 Å². The third kappa shape index (κ3) is 1.59. The summed E-state index contributed by atoms with van der Waals surface area (Å²) in [5.74, 6) is 0. The molecule has 0 bridgehead atoms. The van der Waals surface area contributed by atoms with Crippen LogP contribution in [0.4, 0.5) is 11.4 Å². The predicted octanol–water partition coefficient (Wildman–Crippen LogP) is 2.72. The molecule has 5 heteroatoms. The Balaban J connectivity index is 2.50. The summed E-state index contributed by atoms with van der Waals surface area (Å²) < 4.78 is 0.538. The van der Waals surface area contributed by atoms with E-state index in [-0.39, 0.29) is 10.6 Å². The number of hydrogen-bond donors (Lipinski definition) is 1. The van der Waals surface area contributed by atoms with Gasteiger partial charge in [-0.1, -0.05) is 0 Å². The van der Waals surface area contributed by atoms with Crippen molar-refractivity contribution >= 4 is 27.3 Å². The van der Waals surface area contributed by atoms with Crippen LogP contribution >= 0.6 is 15.9 Å². The Morgan fingerprint density at radius 2 is 2.29 bits per heavy atom. The molecule has 1 aliphatic rings. The third-order valence-electron chi connectivity index (χ3n) is 2.31. The number of nitro groups is 1. The maximum atomic E-state index is 10.7. The minimum Gasteiger partial charge on any atom is -0.385 e. The number of halogens is 1. The molecular weight excluding hydrogens is 248 g/mol. The van der Waals surface area contributed by atoms with E-state index in [1.807, 2.05) is 0 Å². The molecule has 1 aromatic rings. The molecule has 0 atom stereocenters. The maximum absolute atomic E-state index is 10.7. The minimum atomic E-state index is -0.362. The van der Waals surface area contributed by atoms with E-state index in [1.54, 1.807) is 12.1 Å². The number of benzene rings is 1. The van der Waals surface area contributed by atoms with Gasteiger partial charge >= 0.3 is 0 Å². The summed E-state index contributed by atoms with van der Waals surface area (Å²) >= 11 is 3.19. The van der Waals surface area contributed by atoms with Crippen LogP contribution in [0.5, 0.6) is 0 Å². The molecule has 0 unspecified atom stereocenters. The number of aryl methyl sites for hydroxylation is 1. The first kappa shape index (κ1) is 9.45. The molecule has 0 spiro atoms.